The van der Waals surface area contributed by atoms with Crippen molar-refractivity contribution in [1.82, 2.24) is 5.32 Å². The topological polar surface area (TPSA) is 257 Å². The molecule has 2 aliphatic heterocycles. The van der Waals surface area contributed by atoms with Crippen molar-refractivity contribution >= 4 is 59.3 Å². The summed E-state index contributed by atoms with van der Waals surface area (Å²) in [4.78, 5) is 25.4. The first-order valence-electron chi connectivity index (χ1n) is 19.7. The molecule has 0 spiro atoms. The maximum Gasteiger partial charge on any atom is 0.303 e. The molecule has 61 heavy (non-hydrogen) atoms. The molecular formula is C41H55N3O14S3. The zero-order chi connectivity index (χ0) is 45.2. The van der Waals surface area contributed by atoms with E-state index in [0.717, 1.165) is 0 Å². The first-order valence-corrected chi connectivity index (χ1v) is 24.1. The zero-order valence-electron chi connectivity index (χ0n) is 34.7. The van der Waals surface area contributed by atoms with Crippen molar-refractivity contribution in [1.29, 1.82) is 0 Å². The van der Waals surface area contributed by atoms with E-state index < -0.39 is 57.8 Å². The van der Waals surface area contributed by atoms with E-state index in [0.29, 0.717) is 72.9 Å². The molecule has 0 fully saturated rings. The summed E-state index contributed by atoms with van der Waals surface area (Å²) < 4.78 is 116. The molecule has 0 saturated heterocycles. The third-order valence-electron chi connectivity index (χ3n) is 11.1. The minimum absolute atomic E-state index is 0.00321. The fourth-order valence-electron chi connectivity index (χ4n) is 8.00. The zero-order valence-corrected chi connectivity index (χ0v) is 37.2. The van der Waals surface area contributed by atoms with Gasteiger partial charge < -0.3 is 29.3 Å². The Morgan fingerprint density at radius 3 is 2.16 bits per heavy atom. The lowest BCUT2D eigenvalue weighted by Gasteiger charge is -2.30. The number of carboxylic acids is 1. The summed E-state index contributed by atoms with van der Waals surface area (Å²) in [5, 5.41) is 12.0. The van der Waals surface area contributed by atoms with Crippen LogP contribution in [0.2, 0.25) is 0 Å². The molecule has 1 amide bonds. The van der Waals surface area contributed by atoms with E-state index in [1.807, 2.05) is 29.4 Å². The number of allylic oxidation sites excluding steroid dienone is 6. The first kappa shape index (κ1) is 49.4. The lowest BCUT2D eigenvalue weighted by atomic mass is 9.76. The lowest BCUT2D eigenvalue weighted by Crippen LogP contribution is -2.32. The van der Waals surface area contributed by atoms with Crippen molar-refractivity contribution in [3.63, 3.8) is 0 Å². The number of methoxy groups -OCH3 is 2. The van der Waals surface area contributed by atoms with Gasteiger partial charge in [-0.15, -0.1) is 0 Å². The number of nitrogens with one attached hydrogen (secondary N) is 1. The number of carbonyl (C=O) groups excluding carboxylic acids is 1. The summed E-state index contributed by atoms with van der Waals surface area (Å²) >= 11 is 0. The van der Waals surface area contributed by atoms with Gasteiger partial charge >= 0.3 is 5.97 Å². The summed E-state index contributed by atoms with van der Waals surface area (Å²) in [6.07, 6.45) is 10.9. The Balaban J connectivity index is 1.81. The van der Waals surface area contributed by atoms with Gasteiger partial charge in [-0.1, -0.05) is 24.6 Å². The van der Waals surface area contributed by atoms with Crippen molar-refractivity contribution in [2.24, 2.45) is 0 Å². The summed E-state index contributed by atoms with van der Waals surface area (Å²) in [6.45, 7) is 5.29. The Labute approximate surface area is 358 Å². The molecule has 2 unspecified atom stereocenters. The molecular weight excluding hydrogens is 855 g/mol. The number of ether oxygens (including phenoxy) is 2. The van der Waals surface area contributed by atoms with E-state index in [1.165, 1.54) is 38.5 Å². The molecule has 0 bridgehead atoms. The molecule has 2 aromatic rings. The predicted octanol–water partition coefficient (Wildman–Crippen LogP) is 4.47. The lowest BCUT2D eigenvalue weighted by molar-refractivity contribution is -0.441. The number of carbonyl (C=O) groups is 2. The highest BCUT2D eigenvalue weighted by Crippen LogP contribution is 2.51. The average molecular weight is 910 g/mol. The molecule has 336 valence electrons. The summed E-state index contributed by atoms with van der Waals surface area (Å²) in [7, 11) is -10.7. The second kappa shape index (κ2) is 20.7. The normalized spacial score (nSPS) is 20.0. The number of hydrogen-bond donors (Lipinski definition) is 4. The van der Waals surface area contributed by atoms with E-state index in [4.69, 9.17) is 14.6 Å². The quantitative estimate of drug-likeness (QED) is 0.0491. The van der Waals surface area contributed by atoms with E-state index in [1.54, 1.807) is 36.4 Å². The molecule has 2 aromatic carbocycles. The van der Waals surface area contributed by atoms with Crippen molar-refractivity contribution < 1.29 is 67.7 Å². The van der Waals surface area contributed by atoms with Gasteiger partial charge in [-0.05, 0) is 87.9 Å². The molecule has 4 rings (SSSR count). The molecule has 2 heterocycles. The summed E-state index contributed by atoms with van der Waals surface area (Å²) in [5.74, 6) is -1.70. The molecule has 0 radical (unpaired) electrons. The monoisotopic (exact) mass is 909 g/mol. The fourth-order valence-corrected chi connectivity index (χ4v) is 9.52. The third kappa shape index (κ3) is 12.7. The average Bonchev–Trinajstić information content (AvgIpc) is 3.54. The fraction of sp³-hybridized carbons (Fsp3) is 0.488. The number of benzene rings is 2. The Kier molecular flexibility index (Phi) is 16.8. The van der Waals surface area contributed by atoms with Crippen LogP contribution in [0.4, 0.5) is 11.4 Å². The summed E-state index contributed by atoms with van der Waals surface area (Å²) in [5.41, 5.74) is 1.70. The van der Waals surface area contributed by atoms with Crippen LogP contribution in [0.25, 0.3) is 0 Å². The molecule has 2 atom stereocenters. The predicted molar refractivity (Wildman–Crippen MR) is 227 cm³/mol. The van der Waals surface area contributed by atoms with E-state index in [-0.39, 0.29) is 56.1 Å². The van der Waals surface area contributed by atoms with Crippen LogP contribution in [-0.4, -0.2) is 119 Å². The smallest absolute Gasteiger partial charge is 0.303 e. The molecule has 0 saturated carbocycles. The van der Waals surface area contributed by atoms with Gasteiger partial charge in [0.25, 0.3) is 20.2 Å². The molecule has 20 heteroatoms. The van der Waals surface area contributed by atoms with Crippen molar-refractivity contribution in [3.05, 3.63) is 83.6 Å². The molecule has 0 aliphatic carbocycles. The number of anilines is 1. The highest BCUT2D eigenvalue weighted by molar-refractivity contribution is 7.86. The number of unbranched alkanes of at least 4 members (excludes halogenated alkanes) is 2. The van der Waals surface area contributed by atoms with Crippen LogP contribution in [0.3, 0.4) is 0 Å². The second-order valence-electron chi connectivity index (χ2n) is 15.4. The van der Waals surface area contributed by atoms with Crippen LogP contribution >= 0.6 is 0 Å². The maximum atomic E-state index is 13.0. The number of aliphatic carboxylic acids is 1. The van der Waals surface area contributed by atoms with Gasteiger partial charge in [-0.3, -0.25) is 18.7 Å². The van der Waals surface area contributed by atoms with Crippen molar-refractivity contribution in [2.75, 3.05) is 57.7 Å². The van der Waals surface area contributed by atoms with Crippen LogP contribution < -0.4 is 10.2 Å². The Hall–Kier alpha value is -4.28. The molecule has 0 aromatic heterocycles. The first-order chi connectivity index (χ1) is 28.6. The number of fused-ring (bicyclic) bond motifs is 2. The third-order valence-corrected chi connectivity index (χ3v) is 13.6. The Morgan fingerprint density at radius 1 is 0.836 bits per heavy atom. The van der Waals surface area contributed by atoms with E-state index in [9.17, 15) is 48.5 Å². The van der Waals surface area contributed by atoms with Gasteiger partial charge in [0, 0.05) is 74.7 Å². The minimum atomic E-state index is -4.84. The highest BCUT2D eigenvalue weighted by Gasteiger charge is 2.48. The Morgan fingerprint density at radius 2 is 1.52 bits per heavy atom. The number of nitrogens with zero attached hydrogens (tertiary/aromatic N) is 2. The SMILES string of the molecule is COCCNC(=O)CCC1(C)\C(=C/C=C/C=C/C2=[N+](CCOC)c3ccc(S(=O)(=O)O)cc3C2(C)CCCS(=O)(=O)O)N(CCCCCC(=O)O)c2ccc(S(=O)(=O)[O-])cc21. The van der Waals surface area contributed by atoms with E-state index in [2.05, 4.69) is 5.32 Å². The summed E-state index contributed by atoms with van der Waals surface area (Å²) in [6, 6.07) is 8.36. The van der Waals surface area contributed by atoms with Crippen LogP contribution in [-0.2, 0) is 60.2 Å². The molecule has 17 nitrogen and oxygen atoms in total. The number of hydrogen-bond acceptors (Lipinski definition) is 12. The number of carboxylic acid groups (broad SMARTS) is 1. The standard InChI is InChI=1S/C41H55N3O14S3/c1-40(20-11-27-59(48,49)50)32-28-30(60(51,52)53)16-18-35(32)44(24-26-58-4)36(40)12-7-5-8-13-37-41(2,21-19-38(45)42-22-25-57-3)33-29-31(61(54,55)56)15-17-34(33)43(37)23-10-6-9-14-39(46)47/h5,7-8,12-13,15-18,28-29H,6,9-11,14,19-27H2,1-4H3,(H4-,42,45,46,47,48,49,50,51,52,53,54,55,56). The van der Waals surface area contributed by atoms with Crippen molar-refractivity contribution in [3.8, 4) is 0 Å². The van der Waals surface area contributed by atoms with Gasteiger partial charge in [0.05, 0.1) is 27.6 Å². The van der Waals surface area contributed by atoms with Crippen LogP contribution in [0.5, 0.6) is 0 Å². The van der Waals surface area contributed by atoms with Crippen LogP contribution in [0.15, 0.2) is 82.3 Å². The highest BCUT2D eigenvalue weighted by atomic mass is 32.2. The Bertz CT molecular complexity index is 2410. The maximum absolute atomic E-state index is 13.0. The largest absolute Gasteiger partial charge is 0.744 e. The van der Waals surface area contributed by atoms with Gasteiger partial charge in [-0.2, -0.15) is 21.4 Å². The van der Waals surface area contributed by atoms with Gasteiger partial charge in [0.1, 0.15) is 16.7 Å². The van der Waals surface area contributed by atoms with Crippen LogP contribution in [0.1, 0.15) is 76.3 Å². The molecule has 2 aliphatic rings. The van der Waals surface area contributed by atoms with Gasteiger partial charge in [0.2, 0.25) is 11.6 Å². The van der Waals surface area contributed by atoms with Crippen LogP contribution in [0, 0.1) is 0 Å². The molecule has 4 N–H and O–H groups in total. The van der Waals surface area contributed by atoms with Gasteiger partial charge in [0.15, 0.2) is 12.3 Å². The van der Waals surface area contributed by atoms with Gasteiger partial charge in [-0.25, -0.2) is 8.42 Å². The van der Waals surface area contributed by atoms with E-state index >= 15 is 0 Å². The minimum Gasteiger partial charge on any atom is -0.744 e. The second-order valence-corrected chi connectivity index (χ2v) is 19.7. The number of rotatable bonds is 24. The van der Waals surface area contributed by atoms with Crippen molar-refractivity contribution in [2.45, 2.75) is 85.8 Å². The number of amides is 1.